The van der Waals surface area contributed by atoms with Crippen molar-refractivity contribution in [2.24, 2.45) is 34.5 Å². The van der Waals surface area contributed by atoms with Gasteiger partial charge in [-0.1, -0.05) is 66.5 Å². The van der Waals surface area contributed by atoms with Gasteiger partial charge < -0.3 is 9.84 Å². The minimum atomic E-state index is -1.62. The van der Waals surface area contributed by atoms with Crippen LogP contribution >= 0.6 is 15.9 Å². The van der Waals surface area contributed by atoms with Crippen LogP contribution in [0.4, 0.5) is 0 Å². The Morgan fingerprint density at radius 1 is 1.17 bits per heavy atom. The van der Waals surface area contributed by atoms with Crippen molar-refractivity contribution < 1.29 is 29.0 Å². The van der Waals surface area contributed by atoms with Gasteiger partial charge >= 0.3 is 5.97 Å². The number of Topliss-reactive ketones (excluding diaryl/α,β-unsaturated/α-hetero) is 2. The number of aliphatic hydroxyl groups excluding tert-OH is 1. The summed E-state index contributed by atoms with van der Waals surface area (Å²) in [7, 11) is 0. The number of ketones is 3. The van der Waals surface area contributed by atoms with E-state index in [-0.39, 0.29) is 46.5 Å². The molecule has 0 heterocycles. The van der Waals surface area contributed by atoms with Gasteiger partial charge in [-0.05, 0) is 49.0 Å². The SMILES string of the molecule is CC1C[C@H]2[C@@H]3C(Br)CC4=CC(=O)C=C[C@]4(C)[C@H]3C(=O)C[C@]2(C)[C@@]1(OC(=O)c1ccccc1)C(=O)CO. The maximum atomic E-state index is 14.0. The van der Waals surface area contributed by atoms with Gasteiger partial charge in [-0.2, -0.15) is 0 Å². The molecule has 1 aromatic carbocycles. The Labute approximate surface area is 219 Å². The minimum absolute atomic E-state index is 0.00438. The molecule has 3 fully saturated rings. The maximum absolute atomic E-state index is 14.0. The Morgan fingerprint density at radius 2 is 1.86 bits per heavy atom. The Morgan fingerprint density at radius 3 is 2.53 bits per heavy atom. The summed E-state index contributed by atoms with van der Waals surface area (Å²) < 4.78 is 6.15. The van der Waals surface area contributed by atoms with Crippen molar-refractivity contribution in [1.82, 2.24) is 0 Å². The smallest absolute Gasteiger partial charge is 0.339 e. The van der Waals surface area contributed by atoms with E-state index in [0.717, 1.165) is 5.57 Å². The topological polar surface area (TPSA) is 97.7 Å². The summed E-state index contributed by atoms with van der Waals surface area (Å²) in [5.74, 6) is -2.25. The van der Waals surface area contributed by atoms with Crippen LogP contribution in [0.2, 0.25) is 0 Å². The Balaban J connectivity index is 1.61. The zero-order valence-electron chi connectivity index (χ0n) is 20.7. The number of benzene rings is 1. The third-order valence-electron chi connectivity index (χ3n) is 9.61. The van der Waals surface area contributed by atoms with E-state index < -0.39 is 34.8 Å². The molecule has 190 valence electrons. The second kappa shape index (κ2) is 8.59. The molecule has 0 amide bonds. The lowest BCUT2D eigenvalue weighted by atomic mass is 9.46. The van der Waals surface area contributed by atoms with Crippen molar-refractivity contribution in [3.05, 3.63) is 59.7 Å². The molecule has 36 heavy (non-hydrogen) atoms. The molecule has 0 radical (unpaired) electrons. The number of carbonyl (C=O) groups excluding carboxylic acids is 4. The highest BCUT2D eigenvalue weighted by Crippen LogP contribution is 2.69. The second-order valence-corrected chi connectivity index (χ2v) is 12.5. The number of alkyl halides is 1. The number of fused-ring (bicyclic) bond motifs is 5. The minimum Gasteiger partial charge on any atom is -0.446 e. The average Bonchev–Trinajstić information content (AvgIpc) is 3.06. The summed E-state index contributed by atoms with van der Waals surface area (Å²) in [5, 5.41) is 10.1. The van der Waals surface area contributed by atoms with Gasteiger partial charge in [0.05, 0.1) is 5.56 Å². The molecule has 3 saturated carbocycles. The average molecular weight is 555 g/mol. The van der Waals surface area contributed by atoms with E-state index >= 15 is 0 Å². The van der Waals surface area contributed by atoms with E-state index in [1.54, 1.807) is 42.5 Å². The molecule has 1 aromatic rings. The lowest BCUT2D eigenvalue weighted by Crippen LogP contribution is -2.64. The van der Waals surface area contributed by atoms with Crippen LogP contribution in [-0.4, -0.2) is 45.5 Å². The molecular weight excluding hydrogens is 524 g/mol. The molecule has 7 heteroatoms. The molecule has 6 nitrogen and oxygen atoms in total. The molecular formula is C29H31BrO6. The van der Waals surface area contributed by atoms with E-state index in [0.29, 0.717) is 18.4 Å². The van der Waals surface area contributed by atoms with Crippen LogP contribution in [0.5, 0.6) is 0 Å². The number of ether oxygens (including phenoxy) is 1. The van der Waals surface area contributed by atoms with Crippen molar-refractivity contribution in [2.75, 3.05) is 6.61 Å². The Bertz CT molecular complexity index is 1200. The summed E-state index contributed by atoms with van der Waals surface area (Å²) >= 11 is 3.85. The largest absolute Gasteiger partial charge is 0.446 e. The van der Waals surface area contributed by atoms with Gasteiger partial charge in [0, 0.05) is 33.9 Å². The summed E-state index contributed by atoms with van der Waals surface area (Å²) in [6.07, 6.45) is 6.34. The molecule has 2 unspecified atom stereocenters. The van der Waals surface area contributed by atoms with Crippen LogP contribution in [0, 0.1) is 34.5 Å². The van der Waals surface area contributed by atoms with Gasteiger partial charge in [0.25, 0.3) is 0 Å². The highest BCUT2D eigenvalue weighted by atomic mass is 79.9. The lowest BCUT2D eigenvalue weighted by molar-refractivity contribution is -0.174. The first kappa shape index (κ1) is 25.3. The molecule has 0 aliphatic heterocycles. The first-order valence-corrected chi connectivity index (χ1v) is 13.4. The van der Waals surface area contributed by atoms with E-state index in [2.05, 4.69) is 15.9 Å². The molecule has 0 saturated heterocycles. The fraction of sp³-hybridized carbons (Fsp3) is 0.517. The van der Waals surface area contributed by atoms with E-state index in [1.807, 2.05) is 26.8 Å². The lowest BCUT2D eigenvalue weighted by Gasteiger charge is -2.58. The van der Waals surface area contributed by atoms with Crippen molar-refractivity contribution in [2.45, 2.75) is 50.5 Å². The van der Waals surface area contributed by atoms with Gasteiger partial charge in [0.15, 0.2) is 11.4 Å². The van der Waals surface area contributed by atoms with Crippen LogP contribution in [0.15, 0.2) is 54.1 Å². The first-order chi connectivity index (χ1) is 17.0. The molecule has 5 rings (SSSR count). The highest BCUT2D eigenvalue weighted by molar-refractivity contribution is 9.09. The van der Waals surface area contributed by atoms with Crippen LogP contribution in [0.3, 0.4) is 0 Å². The van der Waals surface area contributed by atoms with E-state index in [4.69, 9.17) is 4.74 Å². The maximum Gasteiger partial charge on any atom is 0.339 e. The highest BCUT2D eigenvalue weighted by Gasteiger charge is 2.73. The van der Waals surface area contributed by atoms with Crippen LogP contribution in [0.1, 0.15) is 50.4 Å². The van der Waals surface area contributed by atoms with E-state index in [1.165, 1.54) is 0 Å². The standard InChI is InChI=1S/C29H31BrO6/c1-16-11-20-24-21(30)13-18-12-19(32)9-10-27(18,2)25(24)22(33)14-28(20,3)29(16,23(34)15-31)36-26(35)17-7-5-4-6-8-17/h4-10,12,16,20-21,24-25,31H,11,13-15H2,1-3H3/t16?,20-,21?,24+,25-,27-,28-,29-/m0/s1. The number of rotatable bonds is 4. The fourth-order valence-electron chi connectivity index (χ4n) is 8.03. The molecule has 4 aliphatic rings. The molecule has 0 aromatic heterocycles. The number of aliphatic hydroxyl groups is 1. The van der Waals surface area contributed by atoms with Crippen molar-refractivity contribution in [1.29, 1.82) is 0 Å². The third-order valence-corrected chi connectivity index (χ3v) is 10.5. The van der Waals surface area contributed by atoms with Crippen molar-refractivity contribution in [3.63, 3.8) is 0 Å². The normalized spacial score (nSPS) is 41.1. The van der Waals surface area contributed by atoms with Crippen LogP contribution in [-0.2, 0) is 19.1 Å². The Kier molecular flexibility index (Phi) is 6.03. The first-order valence-electron chi connectivity index (χ1n) is 12.5. The zero-order chi connectivity index (χ0) is 26.0. The molecule has 0 spiro atoms. The summed E-state index contributed by atoms with van der Waals surface area (Å²) in [4.78, 5) is 52.9. The quantitative estimate of drug-likeness (QED) is 0.441. The van der Waals surface area contributed by atoms with E-state index in [9.17, 15) is 24.3 Å². The predicted molar refractivity (Wildman–Crippen MR) is 136 cm³/mol. The number of carbonyl (C=O) groups is 4. The summed E-state index contributed by atoms with van der Waals surface area (Å²) in [6, 6.07) is 8.49. The zero-order valence-corrected chi connectivity index (χ0v) is 22.3. The van der Waals surface area contributed by atoms with Gasteiger partial charge in [-0.15, -0.1) is 0 Å². The molecule has 8 atom stereocenters. The van der Waals surface area contributed by atoms with Crippen molar-refractivity contribution in [3.8, 4) is 0 Å². The summed E-state index contributed by atoms with van der Waals surface area (Å²) in [5.41, 5.74) is -1.90. The van der Waals surface area contributed by atoms with Crippen LogP contribution in [0.25, 0.3) is 0 Å². The molecule has 0 bridgehead atoms. The molecule has 1 N–H and O–H groups in total. The number of allylic oxidation sites excluding steroid dienone is 4. The number of hydrogen-bond acceptors (Lipinski definition) is 6. The Hall–Kier alpha value is -2.38. The molecule has 4 aliphatic carbocycles. The van der Waals surface area contributed by atoms with Gasteiger partial charge in [0.1, 0.15) is 12.4 Å². The second-order valence-electron chi connectivity index (χ2n) is 11.3. The number of halogens is 1. The monoisotopic (exact) mass is 554 g/mol. The van der Waals surface area contributed by atoms with Gasteiger partial charge in [-0.3, -0.25) is 14.4 Å². The summed E-state index contributed by atoms with van der Waals surface area (Å²) in [6.45, 7) is 5.02. The van der Waals surface area contributed by atoms with Gasteiger partial charge in [0.2, 0.25) is 5.78 Å². The fourth-order valence-corrected chi connectivity index (χ4v) is 9.06. The van der Waals surface area contributed by atoms with Gasteiger partial charge in [-0.25, -0.2) is 4.79 Å². The predicted octanol–water partition coefficient (Wildman–Crippen LogP) is 4.25. The number of esters is 1. The van der Waals surface area contributed by atoms with Crippen molar-refractivity contribution >= 4 is 39.2 Å². The van der Waals surface area contributed by atoms with Crippen LogP contribution < -0.4 is 0 Å². The number of hydrogen-bond donors (Lipinski definition) is 1. The third kappa shape index (κ3) is 3.31.